The fourth-order valence-electron chi connectivity index (χ4n) is 3.20. The van der Waals surface area contributed by atoms with Gasteiger partial charge in [-0.25, -0.2) is 0 Å². The Morgan fingerprint density at radius 3 is 2.90 bits per heavy atom. The van der Waals surface area contributed by atoms with E-state index in [4.69, 9.17) is 4.74 Å². The van der Waals surface area contributed by atoms with Crippen LogP contribution in [0.15, 0.2) is 0 Å². The summed E-state index contributed by atoms with van der Waals surface area (Å²) in [6, 6.07) is 0.0458. The molecule has 2 atom stereocenters. The van der Waals surface area contributed by atoms with Crippen molar-refractivity contribution in [2.45, 2.75) is 51.2 Å². The van der Waals surface area contributed by atoms with Crippen LogP contribution in [0.3, 0.4) is 0 Å². The summed E-state index contributed by atoms with van der Waals surface area (Å²) in [5.74, 6) is 0. The lowest BCUT2D eigenvalue weighted by Gasteiger charge is -2.38. The Labute approximate surface area is 129 Å². The Balaban J connectivity index is 1.87. The van der Waals surface area contributed by atoms with E-state index >= 15 is 0 Å². The van der Waals surface area contributed by atoms with Crippen LogP contribution in [0.25, 0.3) is 0 Å². The molecule has 1 N–H and O–H groups in total. The second-order valence-corrected chi connectivity index (χ2v) is 7.94. The Morgan fingerprint density at radius 1 is 1.33 bits per heavy atom. The summed E-state index contributed by atoms with van der Waals surface area (Å²) < 4.78 is 34.3. The predicted molar refractivity (Wildman–Crippen MR) is 83.4 cm³/mol. The summed E-state index contributed by atoms with van der Waals surface area (Å²) in [4.78, 5) is 0. The van der Waals surface area contributed by atoms with Crippen LogP contribution in [0.1, 0.15) is 39.0 Å². The van der Waals surface area contributed by atoms with Gasteiger partial charge in [0.1, 0.15) is 0 Å². The lowest BCUT2D eigenvalue weighted by Crippen LogP contribution is -2.55. The van der Waals surface area contributed by atoms with Crippen LogP contribution in [0, 0.1) is 0 Å². The molecule has 1 heterocycles. The van der Waals surface area contributed by atoms with E-state index < -0.39 is 10.2 Å². The topological polar surface area (TPSA) is 61.9 Å². The van der Waals surface area contributed by atoms with Crippen molar-refractivity contribution in [3.63, 3.8) is 0 Å². The molecule has 1 saturated carbocycles. The molecule has 1 aliphatic heterocycles. The standard InChI is InChI=1S/C14H29N3O3S/c1-3-8-15-9-5-10-16(2)21(18,19)17-11-12-20-14-7-4-6-13(14)17/h13-15H,3-12H2,1-2H3. The third-order valence-corrected chi connectivity index (χ3v) is 6.39. The Morgan fingerprint density at radius 2 is 2.14 bits per heavy atom. The molecule has 1 saturated heterocycles. The van der Waals surface area contributed by atoms with E-state index in [1.807, 2.05) is 0 Å². The van der Waals surface area contributed by atoms with Gasteiger partial charge in [-0.05, 0) is 45.2 Å². The first-order chi connectivity index (χ1) is 10.1. The van der Waals surface area contributed by atoms with Crippen LogP contribution in [-0.4, -0.2) is 69.0 Å². The van der Waals surface area contributed by atoms with Crippen LogP contribution in [0.4, 0.5) is 0 Å². The molecule has 7 heteroatoms. The molecule has 2 aliphatic rings. The Bertz CT molecular complexity index is 416. The lowest BCUT2D eigenvalue weighted by atomic mass is 10.2. The van der Waals surface area contributed by atoms with Crippen molar-refractivity contribution in [3.05, 3.63) is 0 Å². The fourth-order valence-corrected chi connectivity index (χ4v) is 4.81. The average molecular weight is 319 g/mol. The summed E-state index contributed by atoms with van der Waals surface area (Å²) in [6.07, 6.45) is 5.02. The molecule has 2 fully saturated rings. The van der Waals surface area contributed by atoms with E-state index in [1.54, 1.807) is 11.4 Å². The van der Waals surface area contributed by atoms with E-state index in [0.29, 0.717) is 19.7 Å². The third-order valence-electron chi connectivity index (χ3n) is 4.37. The minimum absolute atomic E-state index is 0.0458. The van der Waals surface area contributed by atoms with Gasteiger partial charge in [0.2, 0.25) is 0 Å². The van der Waals surface area contributed by atoms with Crippen molar-refractivity contribution >= 4 is 10.2 Å². The fraction of sp³-hybridized carbons (Fsp3) is 1.00. The van der Waals surface area contributed by atoms with Crippen LogP contribution >= 0.6 is 0 Å². The van der Waals surface area contributed by atoms with E-state index in [0.717, 1.165) is 45.2 Å². The number of fused-ring (bicyclic) bond motifs is 1. The van der Waals surface area contributed by atoms with E-state index in [-0.39, 0.29) is 12.1 Å². The molecule has 1 aliphatic carbocycles. The molecule has 21 heavy (non-hydrogen) atoms. The zero-order valence-corrected chi connectivity index (χ0v) is 14.1. The molecule has 0 radical (unpaired) electrons. The van der Waals surface area contributed by atoms with Gasteiger partial charge in [0.05, 0.1) is 18.8 Å². The molecule has 2 unspecified atom stereocenters. The van der Waals surface area contributed by atoms with Crippen molar-refractivity contribution in [2.75, 3.05) is 39.8 Å². The normalized spacial score (nSPS) is 27.2. The van der Waals surface area contributed by atoms with Gasteiger partial charge in [0.25, 0.3) is 10.2 Å². The van der Waals surface area contributed by atoms with Gasteiger partial charge < -0.3 is 10.1 Å². The van der Waals surface area contributed by atoms with Gasteiger partial charge >= 0.3 is 0 Å². The van der Waals surface area contributed by atoms with Crippen LogP contribution in [0.2, 0.25) is 0 Å². The van der Waals surface area contributed by atoms with E-state index in [9.17, 15) is 8.42 Å². The van der Waals surface area contributed by atoms with E-state index in [2.05, 4.69) is 12.2 Å². The maximum absolute atomic E-state index is 12.7. The lowest BCUT2D eigenvalue weighted by molar-refractivity contribution is -0.0258. The Hall–Kier alpha value is -0.210. The van der Waals surface area contributed by atoms with Crippen LogP contribution < -0.4 is 5.32 Å². The van der Waals surface area contributed by atoms with Crippen molar-refractivity contribution in [3.8, 4) is 0 Å². The molecule has 2 rings (SSSR count). The van der Waals surface area contributed by atoms with Gasteiger partial charge in [0.15, 0.2) is 0 Å². The van der Waals surface area contributed by atoms with Crippen LogP contribution in [-0.2, 0) is 14.9 Å². The molecule has 0 aromatic heterocycles. The van der Waals surface area contributed by atoms with Crippen molar-refractivity contribution in [2.24, 2.45) is 0 Å². The highest BCUT2D eigenvalue weighted by Gasteiger charge is 2.42. The van der Waals surface area contributed by atoms with Gasteiger partial charge in [-0.3, -0.25) is 0 Å². The summed E-state index contributed by atoms with van der Waals surface area (Å²) in [6.45, 7) is 5.55. The van der Waals surface area contributed by atoms with E-state index in [1.165, 1.54) is 4.31 Å². The number of nitrogens with zero attached hydrogens (tertiary/aromatic N) is 2. The molecule has 0 amide bonds. The predicted octanol–water partition coefficient (Wildman–Crippen LogP) is 0.806. The quantitative estimate of drug-likeness (QED) is 0.673. The summed E-state index contributed by atoms with van der Waals surface area (Å²) in [7, 11) is -1.66. The summed E-state index contributed by atoms with van der Waals surface area (Å²) in [5.41, 5.74) is 0. The first kappa shape index (κ1) is 17.1. The van der Waals surface area contributed by atoms with Crippen molar-refractivity contribution in [1.82, 2.24) is 13.9 Å². The molecule has 0 aromatic rings. The molecular weight excluding hydrogens is 290 g/mol. The number of rotatable bonds is 8. The minimum Gasteiger partial charge on any atom is -0.375 e. The van der Waals surface area contributed by atoms with Crippen LogP contribution in [0.5, 0.6) is 0 Å². The molecule has 124 valence electrons. The highest BCUT2D eigenvalue weighted by atomic mass is 32.2. The average Bonchev–Trinajstić information content (AvgIpc) is 2.94. The smallest absolute Gasteiger partial charge is 0.282 e. The molecular formula is C14H29N3O3S. The van der Waals surface area contributed by atoms with Gasteiger partial charge in [-0.15, -0.1) is 0 Å². The highest BCUT2D eigenvalue weighted by molar-refractivity contribution is 7.86. The van der Waals surface area contributed by atoms with Crippen molar-refractivity contribution in [1.29, 1.82) is 0 Å². The van der Waals surface area contributed by atoms with Gasteiger partial charge in [-0.2, -0.15) is 17.0 Å². The molecule has 0 aromatic carbocycles. The maximum Gasteiger partial charge on any atom is 0.282 e. The monoisotopic (exact) mass is 319 g/mol. The molecule has 0 spiro atoms. The SMILES string of the molecule is CCCNCCCN(C)S(=O)(=O)N1CCOC2CCCC21. The van der Waals surface area contributed by atoms with Crippen molar-refractivity contribution < 1.29 is 13.2 Å². The Kier molecular flexibility index (Phi) is 6.43. The summed E-state index contributed by atoms with van der Waals surface area (Å²) in [5, 5.41) is 3.30. The molecule has 6 nitrogen and oxygen atoms in total. The third kappa shape index (κ3) is 4.16. The second-order valence-electron chi connectivity index (χ2n) is 5.95. The number of nitrogens with one attached hydrogen (secondary N) is 1. The number of ether oxygens (including phenoxy) is 1. The second kappa shape index (κ2) is 7.87. The maximum atomic E-state index is 12.7. The number of morpholine rings is 1. The first-order valence-electron chi connectivity index (χ1n) is 8.12. The zero-order valence-electron chi connectivity index (χ0n) is 13.3. The highest BCUT2D eigenvalue weighted by Crippen LogP contribution is 2.31. The minimum atomic E-state index is -3.35. The number of hydrogen-bond donors (Lipinski definition) is 1. The number of hydrogen-bond acceptors (Lipinski definition) is 4. The largest absolute Gasteiger partial charge is 0.375 e. The van der Waals surface area contributed by atoms with Gasteiger partial charge in [-0.1, -0.05) is 6.92 Å². The zero-order chi connectivity index (χ0) is 15.3. The summed E-state index contributed by atoms with van der Waals surface area (Å²) >= 11 is 0. The van der Waals surface area contributed by atoms with Gasteiger partial charge in [0, 0.05) is 20.1 Å². The molecule has 0 bridgehead atoms. The first-order valence-corrected chi connectivity index (χ1v) is 9.52.